The number of aryl methyl sites for hydroxylation is 4. The number of amides is 1. The van der Waals surface area contributed by atoms with Gasteiger partial charge in [0.25, 0.3) is 5.56 Å². The van der Waals surface area contributed by atoms with Gasteiger partial charge >= 0.3 is 0 Å². The molecule has 0 aliphatic carbocycles. The number of nitrogens with zero attached hydrogens (tertiary/aromatic N) is 4. The van der Waals surface area contributed by atoms with Crippen molar-refractivity contribution in [2.24, 2.45) is 0 Å². The smallest absolute Gasteiger partial charge is 0.273 e. The van der Waals surface area contributed by atoms with E-state index in [1.165, 1.54) is 22.3 Å². The minimum Gasteiger partial charge on any atom is -0.273 e. The number of rotatable bonds is 5. The van der Waals surface area contributed by atoms with Gasteiger partial charge in [0.05, 0.1) is 17.6 Å². The second-order valence-corrected chi connectivity index (χ2v) is 8.14. The number of thiophene rings is 1. The first-order valence-electron chi connectivity index (χ1n) is 9.31. The molecule has 148 valence electrons. The lowest BCUT2D eigenvalue weighted by molar-refractivity contribution is -0.117. The summed E-state index contributed by atoms with van der Waals surface area (Å²) in [4.78, 5) is 31.6. The molecule has 29 heavy (non-hydrogen) atoms. The maximum atomic E-state index is 13.1. The highest BCUT2D eigenvalue weighted by molar-refractivity contribution is 7.19. The van der Waals surface area contributed by atoms with Gasteiger partial charge in [-0.1, -0.05) is 30.3 Å². The van der Waals surface area contributed by atoms with E-state index >= 15 is 0 Å². The maximum Gasteiger partial charge on any atom is 0.281 e. The van der Waals surface area contributed by atoms with Crippen LogP contribution in [0.15, 0.2) is 47.5 Å². The van der Waals surface area contributed by atoms with Crippen LogP contribution in [0.2, 0.25) is 0 Å². The lowest BCUT2D eigenvalue weighted by Gasteiger charge is -2.09. The van der Waals surface area contributed by atoms with Crippen molar-refractivity contribution in [2.75, 3.05) is 5.43 Å². The van der Waals surface area contributed by atoms with Gasteiger partial charge in [-0.2, -0.15) is 5.10 Å². The Morgan fingerprint density at radius 1 is 1.17 bits per heavy atom. The molecule has 0 radical (unpaired) electrons. The third kappa shape index (κ3) is 3.71. The Bertz CT molecular complexity index is 1250. The van der Waals surface area contributed by atoms with Crippen LogP contribution in [0.5, 0.6) is 0 Å². The van der Waals surface area contributed by atoms with Crippen molar-refractivity contribution < 1.29 is 4.79 Å². The Hall–Kier alpha value is -3.26. The Morgan fingerprint density at radius 3 is 2.62 bits per heavy atom. The van der Waals surface area contributed by atoms with E-state index in [9.17, 15) is 9.59 Å². The molecule has 0 saturated carbocycles. The van der Waals surface area contributed by atoms with Crippen molar-refractivity contribution in [2.45, 2.75) is 33.7 Å². The van der Waals surface area contributed by atoms with Crippen LogP contribution in [0.4, 0.5) is 0 Å². The fraction of sp³-hybridized carbons (Fsp3) is 0.238. The van der Waals surface area contributed by atoms with Gasteiger partial charge in [-0.3, -0.25) is 19.7 Å². The van der Waals surface area contributed by atoms with Crippen LogP contribution in [-0.2, 0) is 11.3 Å². The minimum absolute atomic E-state index is 0.209. The zero-order valence-corrected chi connectivity index (χ0v) is 17.3. The van der Waals surface area contributed by atoms with E-state index in [2.05, 4.69) is 15.5 Å². The molecule has 8 heteroatoms. The molecule has 0 bridgehead atoms. The van der Waals surface area contributed by atoms with Crippen LogP contribution < -0.4 is 11.0 Å². The summed E-state index contributed by atoms with van der Waals surface area (Å²) in [6.07, 6.45) is 1.58. The van der Waals surface area contributed by atoms with Crippen molar-refractivity contribution in [3.05, 3.63) is 69.3 Å². The van der Waals surface area contributed by atoms with Gasteiger partial charge in [0.2, 0.25) is 5.91 Å². The van der Waals surface area contributed by atoms with Crippen LogP contribution in [0.3, 0.4) is 0 Å². The van der Waals surface area contributed by atoms with E-state index in [1.54, 1.807) is 4.68 Å². The van der Waals surface area contributed by atoms with Crippen LogP contribution >= 0.6 is 11.3 Å². The molecule has 0 spiro atoms. The van der Waals surface area contributed by atoms with Crippen LogP contribution in [0.1, 0.15) is 22.7 Å². The summed E-state index contributed by atoms with van der Waals surface area (Å²) in [6.45, 7) is 6.29. The number of fused-ring (bicyclic) bond motifs is 1. The van der Waals surface area contributed by atoms with Gasteiger partial charge in [0.15, 0.2) is 0 Å². The number of carbonyl (C=O) groups is 1. The first kappa shape index (κ1) is 19.1. The van der Waals surface area contributed by atoms with E-state index in [4.69, 9.17) is 0 Å². The normalized spacial score (nSPS) is 11.1. The number of hydrogen-bond acceptors (Lipinski definition) is 5. The van der Waals surface area contributed by atoms with E-state index < -0.39 is 0 Å². The molecular weight excluding hydrogens is 386 g/mol. The molecule has 0 aliphatic heterocycles. The molecule has 0 saturated heterocycles. The van der Waals surface area contributed by atoms with Crippen LogP contribution in [0, 0.1) is 20.8 Å². The Kier molecular flexibility index (Phi) is 5.02. The van der Waals surface area contributed by atoms with Crippen molar-refractivity contribution in [3.63, 3.8) is 0 Å². The van der Waals surface area contributed by atoms with Crippen LogP contribution in [0.25, 0.3) is 21.3 Å². The maximum absolute atomic E-state index is 13.1. The molecule has 7 nitrogen and oxygen atoms in total. The summed E-state index contributed by atoms with van der Waals surface area (Å²) in [7, 11) is 0. The zero-order valence-electron chi connectivity index (χ0n) is 16.5. The molecule has 1 aromatic carbocycles. The standard InChI is InChI=1S/C21H21N5O2S/c1-13-11-14(2)25(23-13)10-9-17(27)24-26-12-22-20-19(21(26)28)18(15(3)29-20)16-7-5-4-6-8-16/h4-8,11-12H,9-10H2,1-3H3,(H,24,27). The average Bonchev–Trinajstić information content (AvgIpc) is 3.21. The molecule has 3 aromatic heterocycles. The SMILES string of the molecule is Cc1cc(C)n(CCC(=O)Nn2cnc3sc(C)c(-c4ccccc4)c3c2=O)n1. The molecule has 4 rings (SSSR count). The summed E-state index contributed by atoms with van der Waals surface area (Å²) < 4.78 is 2.96. The molecule has 1 amide bonds. The summed E-state index contributed by atoms with van der Waals surface area (Å²) in [6, 6.07) is 11.7. The first-order chi connectivity index (χ1) is 13.9. The fourth-order valence-electron chi connectivity index (χ4n) is 3.43. The minimum atomic E-state index is -0.280. The molecule has 0 atom stereocenters. The fourth-order valence-corrected chi connectivity index (χ4v) is 4.44. The Balaban J connectivity index is 1.61. The number of carbonyl (C=O) groups excluding carboxylic acids is 1. The lowest BCUT2D eigenvalue weighted by atomic mass is 10.0. The van der Waals surface area contributed by atoms with Crippen molar-refractivity contribution in [1.29, 1.82) is 0 Å². The van der Waals surface area contributed by atoms with Crippen LogP contribution in [-0.4, -0.2) is 25.3 Å². The second-order valence-electron chi connectivity index (χ2n) is 6.93. The van der Waals surface area contributed by atoms with E-state index in [0.29, 0.717) is 16.8 Å². The lowest BCUT2D eigenvalue weighted by Crippen LogP contribution is -2.33. The highest BCUT2D eigenvalue weighted by Gasteiger charge is 2.17. The first-order valence-corrected chi connectivity index (χ1v) is 10.1. The topological polar surface area (TPSA) is 81.8 Å². The van der Waals surface area contributed by atoms with Gasteiger partial charge in [0, 0.05) is 22.6 Å². The molecule has 1 N–H and O–H groups in total. The Morgan fingerprint density at radius 2 is 1.93 bits per heavy atom. The van der Waals surface area contributed by atoms with E-state index in [1.807, 2.05) is 57.2 Å². The second kappa shape index (κ2) is 7.63. The molecule has 4 aromatic rings. The molecular formula is C21H21N5O2S. The number of benzene rings is 1. The van der Waals surface area contributed by atoms with E-state index in [0.717, 1.165) is 27.4 Å². The van der Waals surface area contributed by atoms with Gasteiger partial charge in [-0.15, -0.1) is 11.3 Å². The number of aromatic nitrogens is 4. The quantitative estimate of drug-likeness (QED) is 0.550. The number of hydrogen-bond donors (Lipinski definition) is 1. The Labute approximate surface area is 171 Å². The highest BCUT2D eigenvalue weighted by atomic mass is 32.1. The molecule has 0 aliphatic rings. The largest absolute Gasteiger partial charge is 0.281 e. The summed E-state index contributed by atoms with van der Waals surface area (Å²) in [5.41, 5.74) is 6.11. The summed E-state index contributed by atoms with van der Waals surface area (Å²) in [5.74, 6) is -0.269. The van der Waals surface area contributed by atoms with Gasteiger partial charge in [-0.25, -0.2) is 9.66 Å². The summed E-state index contributed by atoms with van der Waals surface area (Å²) in [5, 5.41) is 4.88. The monoisotopic (exact) mass is 407 g/mol. The molecule has 3 heterocycles. The zero-order chi connectivity index (χ0) is 20.5. The van der Waals surface area contributed by atoms with Crippen molar-refractivity contribution >= 4 is 27.5 Å². The molecule has 0 fully saturated rings. The van der Waals surface area contributed by atoms with Gasteiger partial charge in [0.1, 0.15) is 11.2 Å². The van der Waals surface area contributed by atoms with Crippen molar-refractivity contribution in [3.8, 4) is 11.1 Å². The predicted molar refractivity (Wildman–Crippen MR) is 115 cm³/mol. The van der Waals surface area contributed by atoms with Crippen molar-refractivity contribution in [1.82, 2.24) is 19.4 Å². The van der Waals surface area contributed by atoms with Gasteiger partial charge in [-0.05, 0) is 32.4 Å². The average molecular weight is 407 g/mol. The third-order valence-corrected chi connectivity index (χ3v) is 5.76. The molecule has 0 unspecified atom stereocenters. The third-order valence-electron chi connectivity index (χ3n) is 4.75. The number of nitrogens with one attached hydrogen (secondary N) is 1. The highest BCUT2D eigenvalue weighted by Crippen LogP contribution is 2.35. The van der Waals surface area contributed by atoms with E-state index in [-0.39, 0.29) is 17.9 Å². The van der Waals surface area contributed by atoms with Gasteiger partial charge < -0.3 is 0 Å². The predicted octanol–water partition coefficient (Wildman–Crippen LogP) is 3.41. The summed E-state index contributed by atoms with van der Waals surface area (Å²) >= 11 is 1.48.